The zero-order valence-electron chi connectivity index (χ0n) is 15.3. The van der Waals surface area contributed by atoms with Crippen molar-refractivity contribution in [3.8, 4) is 0 Å². The molecule has 2 N–H and O–H groups in total. The van der Waals surface area contributed by atoms with Gasteiger partial charge in [0, 0.05) is 10.0 Å². The van der Waals surface area contributed by atoms with Crippen molar-refractivity contribution in [1.29, 1.82) is 0 Å². The molecular weight excluding hydrogens is 408 g/mol. The van der Waals surface area contributed by atoms with Crippen LogP contribution in [0.4, 0.5) is 0 Å². The third-order valence-corrected chi connectivity index (χ3v) is 5.15. The van der Waals surface area contributed by atoms with Crippen molar-refractivity contribution in [1.82, 2.24) is 4.90 Å². The Balaban J connectivity index is 2.13. The van der Waals surface area contributed by atoms with Gasteiger partial charge in [0.25, 0.3) is 11.7 Å². The van der Waals surface area contributed by atoms with E-state index < -0.39 is 17.7 Å². The molecule has 0 saturated carbocycles. The summed E-state index contributed by atoms with van der Waals surface area (Å²) in [5.74, 6) is -1.35. The van der Waals surface area contributed by atoms with E-state index >= 15 is 0 Å². The van der Waals surface area contributed by atoms with Crippen LogP contribution in [0.1, 0.15) is 17.2 Å². The van der Waals surface area contributed by atoms with Crippen LogP contribution < -0.4 is 4.90 Å². The van der Waals surface area contributed by atoms with Crippen molar-refractivity contribution in [2.24, 2.45) is 0 Å². The zero-order chi connectivity index (χ0) is 19.6. The summed E-state index contributed by atoms with van der Waals surface area (Å²) in [6.07, 6.45) is 0. The molecule has 2 aromatic rings. The van der Waals surface area contributed by atoms with Gasteiger partial charge in [-0.1, -0.05) is 58.4 Å². The molecule has 1 heterocycles. The summed E-state index contributed by atoms with van der Waals surface area (Å²) in [5.41, 5.74) is 1.46. The summed E-state index contributed by atoms with van der Waals surface area (Å²) in [4.78, 5) is 28.3. The maximum absolute atomic E-state index is 12.8. The highest BCUT2D eigenvalue weighted by molar-refractivity contribution is 9.10. The number of likely N-dealkylation sites (tertiary alicyclic amines) is 1. The molecule has 1 saturated heterocycles. The molecule has 140 valence electrons. The summed E-state index contributed by atoms with van der Waals surface area (Å²) < 4.78 is 0.906. The van der Waals surface area contributed by atoms with Crippen LogP contribution in [0.3, 0.4) is 0 Å². The first-order chi connectivity index (χ1) is 12.9. The van der Waals surface area contributed by atoms with E-state index in [0.29, 0.717) is 18.7 Å². The molecule has 5 nitrogen and oxygen atoms in total. The van der Waals surface area contributed by atoms with Gasteiger partial charge in [0.2, 0.25) is 0 Å². The Labute approximate surface area is 167 Å². The van der Waals surface area contributed by atoms with Crippen molar-refractivity contribution in [2.75, 3.05) is 27.2 Å². The van der Waals surface area contributed by atoms with E-state index in [1.807, 2.05) is 44.4 Å². The van der Waals surface area contributed by atoms with E-state index in [2.05, 4.69) is 15.9 Å². The second-order valence-corrected chi connectivity index (χ2v) is 7.78. The van der Waals surface area contributed by atoms with E-state index in [0.717, 1.165) is 10.0 Å². The monoisotopic (exact) mass is 429 g/mol. The molecule has 0 radical (unpaired) electrons. The van der Waals surface area contributed by atoms with E-state index in [4.69, 9.17) is 0 Å². The van der Waals surface area contributed by atoms with Gasteiger partial charge in [0.1, 0.15) is 5.76 Å². The normalized spacial score (nSPS) is 19.1. The van der Waals surface area contributed by atoms with Crippen LogP contribution in [0.15, 0.2) is 64.6 Å². The molecular formula is C21H22BrN2O3+. The number of quaternary nitrogens is 1. The SMILES string of the molecule is C[NH+](C)CCN1C(=O)C(=O)C(=C(O)c2ccccc2)C1c1ccc(Br)cc1. The Kier molecular flexibility index (Phi) is 5.77. The third kappa shape index (κ3) is 3.96. The first-order valence-electron chi connectivity index (χ1n) is 8.78. The Hall–Kier alpha value is -2.44. The minimum Gasteiger partial charge on any atom is -0.507 e. The Morgan fingerprint density at radius 1 is 1.07 bits per heavy atom. The summed E-state index contributed by atoms with van der Waals surface area (Å²) >= 11 is 3.41. The van der Waals surface area contributed by atoms with Crippen LogP contribution in [0, 0.1) is 0 Å². The molecule has 1 aliphatic heterocycles. The fourth-order valence-corrected chi connectivity index (χ4v) is 3.46. The maximum atomic E-state index is 12.8. The smallest absolute Gasteiger partial charge is 0.295 e. The van der Waals surface area contributed by atoms with Crippen molar-refractivity contribution < 1.29 is 19.6 Å². The van der Waals surface area contributed by atoms with Gasteiger partial charge >= 0.3 is 0 Å². The molecule has 1 unspecified atom stereocenters. The number of nitrogens with zero attached hydrogens (tertiary/aromatic N) is 1. The van der Waals surface area contributed by atoms with Crippen molar-refractivity contribution in [2.45, 2.75) is 6.04 Å². The van der Waals surface area contributed by atoms with Gasteiger partial charge < -0.3 is 14.9 Å². The van der Waals surface area contributed by atoms with Crippen LogP contribution in [0.25, 0.3) is 5.76 Å². The first-order valence-corrected chi connectivity index (χ1v) is 9.57. The molecule has 1 amide bonds. The van der Waals surface area contributed by atoms with Crippen LogP contribution in [-0.2, 0) is 9.59 Å². The Morgan fingerprint density at radius 2 is 1.70 bits per heavy atom. The number of hydrogen-bond acceptors (Lipinski definition) is 3. The number of aliphatic hydroxyl groups excluding tert-OH is 1. The number of hydrogen-bond donors (Lipinski definition) is 2. The minimum atomic E-state index is -0.641. The third-order valence-electron chi connectivity index (χ3n) is 4.63. The lowest BCUT2D eigenvalue weighted by Gasteiger charge is -2.25. The number of rotatable bonds is 5. The number of benzene rings is 2. The van der Waals surface area contributed by atoms with E-state index in [9.17, 15) is 14.7 Å². The number of aliphatic hydroxyl groups is 1. The van der Waals surface area contributed by atoms with Gasteiger partial charge in [0.15, 0.2) is 0 Å². The van der Waals surface area contributed by atoms with E-state index in [1.165, 1.54) is 4.90 Å². The number of carbonyl (C=O) groups is 2. The quantitative estimate of drug-likeness (QED) is 0.434. The predicted molar refractivity (Wildman–Crippen MR) is 107 cm³/mol. The van der Waals surface area contributed by atoms with Crippen LogP contribution in [0.2, 0.25) is 0 Å². The lowest BCUT2D eigenvalue weighted by molar-refractivity contribution is -0.857. The number of ketones is 1. The Morgan fingerprint density at radius 3 is 2.30 bits per heavy atom. The van der Waals surface area contributed by atoms with Crippen molar-refractivity contribution in [3.63, 3.8) is 0 Å². The second-order valence-electron chi connectivity index (χ2n) is 6.87. The number of likely N-dealkylation sites (N-methyl/N-ethyl adjacent to an activating group) is 1. The number of carbonyl (C=O) groups excluding carboxylic acids is 2. The second kappa shape index (κ2) is 8.06. The highest BCUT2D eigenvalue weighted by Gasteiger charge is 2.46. The molecule has 2 aromatic carbocycles. The van der Waals surface area contributed by atoms with Gasteiger partial charge in [-0.15, -0.1) is 0 Å². The summed E-state index contributed by atoms with van der Waals surface area (Å²) in [6, 6.07) is 15.7. The zero-order valence-corrected chi connectivity index (χ0v) is 16.9. The van der Waals surface area contributed by atoms with Gasteiger partial charge in [-0.3, -0.25) is 9.59 Å². The lowest BCUT2D eigenvalue weighted by Crippen LogP contribution is -3.06. The fourth-order valence-electron chi connectivity index (χ4n) is 3.20. The molecule has 6 heteroatoms. The molecule has 1 fully saturated rings. The summed E-state index contributed by atoms with van der Waals surface area (Å²) in [6.45, 7) is 1.13. The number of halogens is 1. The molecule has 0 aromatic heterocycles. The molecule has 27 heavy (non-hydrogen) atoms. The van der Waals surface area contributed by atoms with Crippen LogP contribution in [-0.4, -0.2) is 48.9 Å². The van der Waals surface area contributed by atoms with Gasteiger partial charge in [0.05, 0.1) is 38.8 Å². The first kappa shape index (κ1) is 19.3. The van der Waals surface area contributed by atoms with Crippen molar-refractivity contribution >= 4 is 33.4 Å². The van der Waals surface area contributed by atoms with E-state index in [1.54, 1.807) is 29.2 Å². The minimum absolute atomic E-state index is 0.137. The van der Waals surface area contributed by atoms with Crippen LogP contribution in [0.5, 0.6) is 0 Å². The maximum Gasteiger partial charge on any atom is 0.295 e. The average Bonchev–Trinajstić information content (AvgIpc) is 2.91. The molecule has 1 atom stereocenters. The molecule has 3 rings (SSSR count). The predicted octanol–water partition coefficient (Wildman–Crippen LogP) is 2.02. The highest BCUT2D eigenvalue weighted by Crippen LogP contribution is 2.39. The fraction of sp³-hybridized carbons (Fsp3) is 0.238. The number of amides is 1. The van der Waals surface area contributed by atoms with Crippen LogP contribution >= 0.6 is 15.9 Å². The van der Waals surface area contributed by atoms with Gasteiger partial charge in [-0.25, -0.2) is 0 Å². The standard InChI is InChI=1S/C21H21BrN2O3/c1-23(2)12-13-24-18(14-8-10-16(22)11-9-14)17(20(26)21(24)27)19(25)15-6-4-3-5-7-15/h3-11,18,25H,12-13H2,1-2H3/p+1. The average molecular weight is 430 g/mol. The lowest BCUT2D eigenvalue weighted by atomic mass is 9.95. The number of nitrogens with one attached hydrogen (secondary N) is 1. The number of Topliss-reactive ketones (excluding diaryl/α,β-unsaturated/α-hetero) is 1. The molecule has 0 bridgehead atoms. The summed E-state index contributed by atoms with van der Waals surface area (Å²) in [5, 5.41) is 10.9. The van der Waals surface area contributed by atoms with Gasteiger partial charge in [-0.05, 0) is 17.7 Å². The molecule has 0 spiro atoms. The largest absolute Gasteiger partial charge is 0.507 e. The summed E-state index contributed by atoms with van der Waals surface area (Å²) in [7, 11) is 3.99. The molecule has 0 aliphatic carbocycles. The van der Waals surface area contributed by atoms with Gasteiger partial charge in [-0.2, -0.15) is 0 Å². The molecule has 1 aliphatic rings. The van der Waals surface area contributed by atoms with E-state index in [-0.39, 0.29) is 11.3 Å². The van der Waals surface area contributed by atoms with Crippen molar-refractivity contribution in [3.05, 3.63) is 75.8 Å². The highest BCUT2D eigenvalue weighted by atomic mass is 79.9. The topological polar surface area (TPSA) is 62.0 Å². The Bertz CT molecular complexity index is 876.